The third-order valence-corrected chi connectivity index (χ3v) is 3.14. The van der Waals surface area contributed by atoms with Crippen LogP contribution in [0.1, 0.15) is 10.4 Å². The average Bonchev–Trinajstić information content (AvgIpc) is 2.97. The number of aromatic nitrogens is 4. The molecule has 6 heteroatoms. The fourth-order valence-corrected chi connectivity index (χ4v) is 2.05. The lowest BCUT2D eigenvalue weighted by atomic mass is 10.2. The Morgan fingerprint density at radius 3 is 2.60 bits per heavy atom. The van der Waals surface area contributed by atoms with Crippen molar-refractivity contribution in [1.29, 1.82) is 0 Å². The molecule has 0 aliphatic rings. The minimum atomic E-state index is 0.339. The Hall–Kier alpha value is -2.53. The van der Waals surface area contributed by atoms with Gasteiger partial charge in [0.15, 0.2) is 6.29 Å². The molecule has 3 rings (SSSR count). The maximum absolute atomic E-state index is 11.1. The molecule has 0 aliphatic carbocycles. The van der Waals surface area contributed by atoms with Gasteiger partial charge in [-0.1, -0.05) is 48.0 Å². The lowest BCUT2D eigenvalue weighted by molar-refractivity contribution is 0.112. The van der Waals surface area contributed by atoms with Gasteiger partial charge in [-0.05, 0) is 17.3 Å². The highest BCUT2D eigenvalue weighted by Gasteiger charge is 2.12. The van der Waals surface area contributed by atoms with E-state index in [4.69, 9.17) is 11.6 Å². The van der Waals surface area contributed by atoms with Crippen LogP contribution in [0.25, 0.3) is 17.1 Å². The maximum Gasteiger partial charge on any atom is 0.205 e. The van der Waals surface area contributed by atoms with Crippen LogP contribution in [0, 0.1) is 0 Å². The monoisotopic (exact) mass is 284 g/mol. The molecule has 0 bridgehead atoms. The molecule has 0 radical (unpaired) electrons. The van der Waals surface area contributed by atoms with Crippen molar-refractivity contribution in [3.8, 4) is 17.1 Å². The first-order valence-corrected chi connectivity index (χ1v) is 6.27. The van der Waals surface area contributed by atoms with Gasteiger partial charge in [0, 0.05) is 5.56 Å². The normalized spacial score (nSPS) is 10.4. The first-order chi connectivity index (χ1) is 9.79. The number of rotatable bonds is 3. The molecule has 2 aromatic carbocycles. The highest BCUT2D eigenvalue weighted by atomic mass is 35.5. The van der Waals surface area contributed by atoms with E-state index in [1.165, 1.54) is 4.80 Å². The van der Waals surface area contributed by atoms with Crippen molar-refractivity contribution in [3.63, 3.8) is 0 Å². The van der Waals surface area contributed by atoms with Crippen molar-refractivity contribution in [2.45, 2.75) is 0 Å². The van der Waals surface area contributed by atoms with Crippen molar-refractivity contribution >= 4 is 17.9 Å². The Morgan fingerprint density at radius 2 is 1.85 bits per heavy atom. The standard InChI is InChI=1S/C14H9ClN4O/c15-12-7-4-8-13(11(12)9-20)19-17-14(16-18-19)10-5-2-1-3-6-10/h1-9H. The van der Waals surface area contributed by atoms with Gasteiger partial charge in [-0.2, -0.15) is 0 Å². The molecule has 0 saturated heterocycles. The molecule has 0 spiro atoms. The maximum atomic E-state index is 11.1. The molecule has 0 unspecified atom stereocenters. The zero-order chi connectivity index (χ0) is 13.9. The molecule has 0 fully saturated rings. The second-order valence-electron chi connectivity index (χ2n) is 4.06. The van der Waals surface area contributed by atoms with E-state index in [9.17, 15) is 4.79 Å². The number of tetrazole rings is 1. The quantitative estimate of drug-likeness (QED) is 0.694. The average molecular weight is 285 g/mol. The number of carbonyl (C=O) groups excluding carboxylic acids is 1. The molecular formula is C14H9ClN4O. The van der Waals surface area contributed by atoms with Crippen LogP contribution in [0.15, 0.2) is 48.5 Å². The summed E-state index contributed by atoms with van der Waals surface area (Å²) in [5.41, 5.74) is 1.70. The summed E-state index contributed by atoms with van der Waals surface area (Å²) in [4.78, 5) is 12.4. The summed E-state index contributed by atoms with van der Waals surface area (Å²) in [5.74, 6) is 0.488. The molecule has 1 aromatic heterocycles. The van der Waals surface area contributed by atoms with Gasteiger partial charge in [0.25, 0.3) is 0 Å². The summed E-state index contributed by atoms with van der Waals surface area (Å²) in [6.07, 6.45) is 0.684. The highest BCUT2D eigenvalue weighted by molar-refractivity contribution is 6.33. The van der Waals surface area contributed by atoms with Gasteiger partial charge in [-0.3, -0.25) is 4.79 Å². The third kappa shape index (κ3) is 2.19. The second kappa shape index (κ2) is 5.22. The Bertz CT molecular complexity index is 755. The first kappa shape index (κ1) is 12.5. The van der Waals surface area contributed by atoms with E-state index in [1.807, 2.05) is 30.3 Å². The van der Waals surface area contributed by atoms with Gasteiger partial charge in [0.05, 0.1) is 16.3 Å². The number of halogens is 1. The minimum Gasteiger partial charge on any atom is -0.298 e. The molecule has 0 saturated carbocycles. The van der Waals surface area contributed by atoms with Crippen LogP contribution < -0.4 is 0 Å². The number of benzene rings is 2. The Labute approximate surface area is 119 Å². The zero-order valence-electron chi connectivity index (χ0n) is 10.3. The van der Waals surface area contributed by atoms with Crippen LogP contribution in [0.5, 0.6) is 0 Å². The Balaban J connectivity index is 2.07. The number of hydrogen-bond acceptors (Lipinski definition) is 4. The van der Waals surface area contributed by atoms with E-state index in [1.54, 1.807) is 18.2 Å². The lowest BCUT2D eigenvalue weighted by Gasteiger charge is -2.03. The van der Waals surface area contributed by atoms with Crippen molar-refractivity contribution in [2.24, 2.45) is 0 Å². The van der Waals surface area contributed by atoms with Crippen LogP contribution in [-0.4, -0.2) is 26.5 Å². The molecule has 20 heavy (non-hydrogen) atoms. The van der Waals surface area contributed by atoms with Crippen LogP contribution in [0.4, 0.5) is 0 Å². The lowest BCUT2D eigenvalue weighted by Crippen LogP contribution is -2.03. The van der Waals surface area contributed by atoms with Crippen LogP contribution in [0.3, 0.4) is 0 Å². The number of nitrogens with zero attached hydrogens (tertiary/aromatic N) is 4. The fraction of sp³-hybridized carbons (Fsp3) is 0. The van der Waals surface area contributed by atoms with Gasteiger partial charge in [-0.15, -0.1) is 15.0 Å². The fourth-order valence-electron chi connectivity index (χ4n) is 1.84. The molecule has 1 heterocycles. The molecule has 0 atom stereocenters. The molecule has 0 N–H and O–H groups in total. The predicted molar refractivity (Wildman–Crippen MR) is 75.0 cm³/mol. The largest absolute Gasteiger partial charge is 0.298 e. The van der Waals surface area contributed by atoms with Crippen LogP contribution >= 0.6 is 11.6 Å². The SMILES string of the molecule is O=Cc1c(Cl)cccc1-n1nnc(-c2ccccc2)n1. The topological polar surface area (TPSA) is 60.7 Å². The number of aldehydes is 1. The first-order valence-electron chi connectivity index (χ1n) is 5.89. The smallest absolute Gasteiger partial charge is 0.205 e. The van der Waals surface area contributed by atoms with Crippen molar-refractivity contribution in [1.82, 2.24) is 20.2 Å². The summed E-state index contributed by atoms with van der Waals surface area (Å²) in [6, 6.07) is 14.6. The Morgan fingerprint density at radius 1 is 1.05 bits per heavy atom. The summed E-state index contributed by atoms with van der Waals surface area (Å²) < 4.78 is 0. The van der Waals surface area contributed by atoms with Crippen LogP contribution in [-0.2, 0) is 0 Å². The zero-order valence-corrected chi connectivity index (χ0v) is 11.0. The molecule has 0 amide bonds. The summed E-state index contributed by atoms with van der Waals surface area (Å²) in [5, 5.41) is 12.6. The van der Waals surface area contributed by atoms with E-state index >= 15 is 0 Å². The number of carbonyl (C=O) groups is 1. The summed E-state index contributed by atoms with van der Waals surface area (Å²) in [6.45, 7) is 0. The van der Waals surface area contributed by atoms with Gasteiger partial charge < -0.3 is 0 Å². The summed E-state index contributed by atoms with van der Waals surface area (Å²) in [7, 11) is 0. The predicted octanol–water partition coefficient (Wildman–Crippen LogP) is 2.80. The molecule has 98 valence electrons. The Kier molecular flexibility index (Phi) is 3.26. The van der Waals surface area contributed by atoms with E-state index in [0.717, 1.165) is 5.56 Å². The molecule has 0 aliphatic heterocycles. The third-order valence-electron chi connectivity index (χ3n) is 2.81. The van der Waals surface area contributed by atoms with Gasteiger partial charge in [-0.25, -0.2) is 0 Å². The van der Waals surface area contributed by atoms with Gasteiger partial charge >= 0.3 is 0 Å². The second-order valence-corrected chi connectivity index (χ2v) is 4.47. The van der Waals surface area contributed by atoms with Gasteiger partial charge in [0.2, 0.25) is 5.82 Å². The van der Waals surface area contributed by atoms with Gasteiger partial charge in [0.1, 0.15) is 0 Å². The molecular weight excluding hydrogens is 276 g/mol. The van der Waals surface area contributed by atoms with E-state index in [-0.39, 0.29) is 0 Å². The van der Waals surface area contributed by atoms with E-state index in [0.29, 0.717) is 28.4 Å². The molecule has 5 nitrogen and oxygen atoms in total. The summed E-state index contributed by atoms with van der Waals surface area (Å²) >= 11 is 5.98. The highest BCUT2D eigenvalue weighted by Crippen LogP contribution is 2.21. The molecule has 3 aromatic rings. The van der Waals surface area contributed by atoms with Crippen molar-refractivity contribution < 1.29 is 4.79 Å². The number of hydrogen-bond donors (Lipinski definition) is 0. The van der Waals surface area contributed by atoms with Crippen LogP contribution in [0.2, 0.25) is 5.02 Å². The minimum absolute atomic E-state index is 0.339. The van der Waals surface area contributed by atoms with Crippen molar-refractivity contribution in [2.75, 3.05) is 0 Å². The van der Waals surface area contributed by atoms with E-state index < -0.39 is 0 Å². The van der Waals surface area contributed by atoms with E-state index in [2.05, 4.69) is 15.4 Å². The van der Waals surface area contributed by atoms with Crippen molar-refractivity contribution in [3.05, 3.63) is 59.1 Å².